The Kier molecular flexibility index (Phi) is 5.89. The van der Waals surface area contributed by atoms with Crippen LogP contribution < -0.4 is 0 Å². The molecule has 1 unspecified atom stereocenters. The number of non-ortho nitro benzene ring substituents is 1. The number of nitro groups is 1. The monoisotopic (exact) mass is 426 g/mol. The van der Waals surface area contributed by atoms with Gasteiger partial charge in [0.1, 0.15) is 0 Å². The van der Waals surface area contributed by atoms with E-state index in [0.717, 1.165) is 10.9 Å². The fourth-order valence-electron chi connectivity index (χ4n) is 3.34. The number of benzene rings is 3. The summed E-state index contributed by atoms with van der Waals surface area (Å²) in [5.41, 5.74) is 2.35. The summed E-state index contributed by atoms with van der Waals surface area (Å²) in [7, 11) is 0. The number of Topliss-reactive ketones (excluding diaryl/α,β-unsaturated/α-hetero) is 1. The van der Waals surface area contributed by atoms with E-state index in [-0.39, 0.29) is 11.5 Å². The second kappa shape index (κ2) is 9.09. The highest BCUT2D eigenvalue weighted by atomic mass is 16.6. The minimum Gasteiger partial charge on any atom is -0.446 e. The predicted octanol–water partition coefficient (Wildman–Crippen LogP) is 5.26. The lowest BCUT2D eigenvalue weighted by atomic mass is 9.99. The van der Waals surface area contributed by atoms with Crippen LogP contribution in [-0.4, -0.2) is 21.7 Å². The third-order valence-corrected chi connectivity index (χ3v) is 4.94. The molecule has 0 saturated heterocycles. The molecule has 4 rings (SSSR count). The van der Waals surface area contributed by atoms with E-state index < -0.39 is 17.0 Å². The normalized spacial score (nSPS) is 12.0. The molecule has 32 heavy (non-hydrogen) atoms. The summed E-state index contributed by atoms with van der Waals surface area (Å²) in [6.07, 6.45) is 3.16. The number of aromatic nitrogens is 1. The largest absolute Gasteiger partial charge is 0.446 e. The highest BCUT2D eigenvalue weighted by molar-refractivity contribution is 6.10. The van der Waals surface area contributed by atoms with E-state index in [1.807, 2.05) is 30.3 Å². The summed E-state index contributed by atoms with van der Waals surface area (Å²) in [5.74, 6) is -1.05. The van der Waals surface area contributed by atoms with Crippen molar-refractivity contribution in [2.75, 3.05) is 0 Å². The van der Waals surface area contributed by atoms with Crippen molar-refractivity contribution in [1.82, 2.24) is 4.98 Å². The predicted molar refractivity (Wildman–Crippen MR) is 120 cm³/mol. The standard InChI is InChI=1S/C25H18N2O5/c28-23(15-12-17-10-13-19(14-11-17)27(30)31)32-25(18-6-2-1-3-7-18)24(29)21-16-26-22-9-5-4-8-20(21)22/h1-16,25-26H. The zero-order valence-corrected chi connectivity index (χ0v) is 16.8. The molecule has 1 aromatic heterocycles. The van der Waals surface area contributed by atoms with Gasteiger partial charge in [0.2, 0.25) is 5.78 Å². The maximum Gasteiger partial charge on any atom is 0.331 e. The molecule has 1 atom stereocenters. The lowest BCUT2D eigenvalue weighted by molar-refractivity contribution is -0.384. The van der Waals surface area contributed by atoms with Crippen molar-refractivity contribution in [2.24, 2.45) is 0 Å². The molecule has 0 aliphatic heterocycles. The van der Waals surface area contributed by atoms with Gasteiger partial charge in [0.15, 0.2) is 6.10 Å². The van der Waals surface area contributed by atoms with Gasteiger partial charge in [-0.15, -0.1) is 0 Å². The van der Waals surface area contributed by atoms with E-state index in [1.54, 1.807) is 30.5 Å². The third-order valence-electron chi connectivity index (χ3n) is 4.94. The van der Waals surface area contributed by atoms with Crippen molar-refractivity contribution in [3.8, 4) is 0 Å². The summed E-state index contributed by atoms with van der Waals surface area (Å²) < 4.78 is 5.56. The van der Waals surface area contributed by atoms with Gasteiger partial charge < -0.3 is 9.72 Å². The van der Waals surface area contributed by atoms with Gasteiger partial charge >= 0.3 is 5.97 Å². The third kappa shape index (κ3) is 4.46. The Morgan fingerprint density at radius 3 is 2.34 bits per heavy atom. The van der Waals surface area contributed by atoms with Gasteiger partial charge in [-0.3, -0.25) is 14.9 Å². The van der Waals surface area contributed by atoms with Crippen molar-refractivity contribution in [2.45, 2.75) is 6.10 Å². The molecule has 1 heterocycles. The topological polar surface area (TPSA) is 102 Å². The van der Waals surface area contributed by atoms with Crippen molar-refractivity contribution in [3.63, 3.8) is 0 Å². The average Bonchev–Trinajstić information content (AvgIpc) is 3.26. The van der Waals surface area contributed by atoms with Gasteiger partial charge in [-0.05, 0) is 29.8 Å². The number of H-pyrrole nitrogens is 1. The van der Waals surface area contributed by atoms with Gasteiger partial charge in [-0.2, -0.15) is 0 Å². The Morgan fingerprint density at radius 1 is 0.938 bits per heavy atom. The fourth-order valence-corrected chi connectivity index (χ4v) is 3.34. The van der Waals surface area contributed by atoms with Crippen LogP contribution in [0.1, 0.15) is 27.6 Å². The zero-order valence-electron chi connectivity index (χ0n) is 16.8. The number of nitrogens with one attached hydrogen (secondary N) is 1. The number of ketones is 1. The number of ether oxygens (including phenoxy) is 1. The molecule has 0 radical (unpaired) electrons. The van der Waals surface area contributed by atoms with Crippen LogP contribution in [0.15, 0.2) is 91.1 Å². The molecule has 0 aliphatic carbocycles. The summed E-state index contributed by atoms with van der Waals surface area (Å²) >= 11 is 0. The van der Waals surface area contributed by atoms with Gasteiger partial charge in [0, 0.05) is 46.4 Å². The number of carbonyl (C=O) groups excluding carboxylic acids is 2. The molecule has 0 bridgehead atoms. The molecule has 4 aromatic rings. The number of para-hydroxylation sites is 1. The van der Waals surface area contributed by atoms with Crippen LogP contribution in [0.2, 0.25) is 0 Å². The first-order valence-electron chi connectivity index (χ1n) is 9.81. The molecule has 7 nitrogen and oxygen atoms in total. The zero-order chi connectivity index (χ0) is 22.5. The number of hydrogen-bond donors (Lipinski definition) is 1. The number of rotatable bonds is 7. The van der Waals surface area contributed by atoms with Crippen molar-refractivity contribution >= 4 is 34.4 Å². The minimum atomic E-state index is -1.12. The number of carbonyl (C=O) groups is 2. The first kappa shape index (κ1) is 20.7. The van der Waals surface area contributed by atoms with Gasteiger partial charge in [-0.25, -0.2) is 4.79 Å². The van der Waals surface area contributed by atoms with Crippen molar-refractivity contribution in [3.05, 3.63) is 118 Å². The highest BCUT2D eigenvalue weighted by Crippen LogP contribution is 2.27. The number of nitrogens with zero attached hydrogens (tertiary/aromatic N) is 1. The van der Waals surface area contributed by atoms with Crippen LogP contribution in [0, 0.1) is 10.1 Å². The minimum absolute atomic E-state index is 0.0433. The molecule has 0 fully saturated rings. The molecule has 158 valence electrons. The first-order valence-corrected chi connectivity index (χ1v) is 9.81. The number of fused-ring (bicyclic) bond motifs is 1. The fraction of sp³-hybridized carbons (Fsp3) is 0.0400. The smallest absolute Gasteiger partial charge is 0.331 e. The van der Waals surface area contributed by atoms with Crippen LogP contribution in [-0.2, 0) is 9.53 Å². The molecule has 0 amide bonds. The molecule has 7 heteroatoms. The summed E-state index contributed by atoms with van der Waals surface area (Å²) in [4.78, 5) is 39.2. The maximum absolute atomic E-state index is 13.3. The van der Waals surface area contributed by atoms with Crippen LogP contribution in [0.25, 0.3) is 17.0 Å². The Labute approximate surface area is 183 Å². The molecule has 0 saturated carbocycles. The lowest BCUT2D eigenvalue weighted by Gasteiger charge is -2.16. The quantitative estimate of drug-likeness (QED) is 0.143. The van der Waals surface area contributed by atoms with Gasteiger partial charge in [-0.1, -0.05) is 48.5 Å². The molecule has 3 aromatic carbocycles. The number of nitro benzene ring substituents is 1. The van der Waals surface area contributed by atoms with Crippen LogP contribution in [0.4, 0.5) is 5.69 Å². The van der Waals surface area contributed by atoms with Gasteiger partial charge in [0.05, 0.1) is 4.92 Å². The Morgan fingerprint density at radius 2 is 1.62 bits per heavy atom. The molecule has 0 spiro atoms. The van der Waals surface area contributed by atoms with E-state index in [4.69, 9.17) is 4.74 Å². The molecule has 1 N–H and O–H groups in total. The van der Waals surface area contributed by atoms with Crippen molar-refractivity contribution in [1.29, 1.82) is 0 Å². The van der Waals surface area contributed by atoms with E-state index in [2.05, 4.69) is 4.98 Å². The molecule has 0 aliphatic rings. The van der Waals surface area contributed by atoms with Crippen LogP contribution in [0.3, 0.4) is 0 Å². The summed E-state index contributed by atoms with van der Waals surface area (Å²) in [6.45, 7) is 0. The summed E-state index contributed by atoms with van der Waals surface area (Å²) in [6, 6.07) is 21.9. The van der Waals surface area contributed by atoms with Crippen LogP contribution >= 0.6 is 0 Å². The van der Waals surface area contributed by atoms with E-state index in [9.17, 15) is 19.7 Å². The second-order valence-corrected chi connectivity index (χ2v) is 7.02. The van der Waals surface area contributed by atoms with Gasteiger partial charge in [0.25, 0.3) is 5.69 Å². The second-order valence-electron chi connectivity index (χ2n) is 7.02. The number of hydrogen-bond acceptors (Lipinski definition) is 5. The average molecular weight is 426 g/mol. The SMILES string of the molecule is O=C(C=Cc1ccc([N+](=O)[O-])cc1)OC(C(=O)c1c[nH]c2ccccc12)c1ccccc1. The molecular formula is C25H18N2O5. The van der Waals surface area contributed by atoms with Crippen molar-refractivity contribution < 1.29 is 19.2 Å². The number of esters is 1. The maximum atomic E-state index is 13.3. The Balaban J connectivity index is 1.58. The lowest BCUT2D eigenvalue weighted by Crippen LogP contribution is -2.19. The Bertz CT molecular complexity index is 1310. The molecular weight excluding hydrogens is 408 g/mol. The first-order chi connectivity index (χ1) is 15.5. The highest BCUT2D eigenvalue weighted by Gasteiger charge is 2.27. The van der Waals surface area contributed by atoms with E-state index in [0.29, 0.717) is 16.7 Å². The Hall–Kier alpha value is -4.52. The summed E-state index contributed by atoms with van der Waals surface area (Å²) in [5, 5.41) is 11.5. The number of aromatic amines is 1. The van der Waals surface area contributed by atoms with E-state index >= 15 is 0 Å². The van der Waals surface area contributed by atoms with Crippen LogP contribution in [0.5, 0.6) is 0 Å². The van der Waals surface area contributed by atoms with E-state index in [1.165, 1.54) is 36.4 Å².